The summed E-state index contributed by atoms with van der Waals surface area (Å²) in [4.78, 5) is 22.8. The van der Waals surface area contributed by atoms with Crippen molar-refractivity contribution in [3.05, 3.63) is 17.6 Å². The number of furan rings is 1. The van der Waals surface area contributed by atoms with Crippen LogP contribution in [0, 0.1) is 12.8 Å². The Morgan fingerprint density at radius 1 is 1.52 bits per heavy atom. The fraction of sp³-hybridized carbons (Fsp3) is 0.500. The van der Waals surface area contributed by atoms with E-state index in [0.29, 0.717) is 12.3 Å². The minimum absolute atomic E-state index is 0.0169. The van der Waals surface area contributed by atoms with Gasteiger partial charge in [0.15, 0.2) is 5.76 Å². The highest BCUT2D eigenvalue weighted by molar-refractivity contribution is 7.89. The molecule has 1 atom stereocenters. The Kier molecular flexibility index (Phi) is 4.06. The minimum atomic E-state index is -3.99. The Labute approximate surface area is 121 Å². The van der Waals surface area contributed by atoms with E-state index in [9.17, 15) is 18.0 Å². The van der Waals surface area contributed by atoms with E-state index in [4.69, 9.17) is 14.7 Å². The molecule has 0 aliphatic heterocycles. The van der Waals surface area contributed by atoms with Gasteiger partial charge < -0.3 is 14.8 Å². The third kappa shape index (κ3) is 3.82. The van der Waals surface area contributed by atoms with Gasteiger partial charge in [-0.25, -0.2) is 18.4 Å². The molecule has 1 aromatic rings. The molecule has 1 amide bonds. The number of aryl methyl sites for hydroxylation is 1. The first-order chi connectivity index (χ1) is 9.68. The Morgan fingerprint density at radius 2 is 2.14 bits per heavy atom. The Hall–Kier alpha value is -1.87. The highest BCUT2D eigenvalue weighted by Crippen LogP contribution is 2.33. The third-order valence-electron chi connectivity index (χ3n) is 3.27. The summed E-state index contributed by atoms with van der Waals surface area (Å²) in [5, 5.41) is 16.4. The number of hydrogen-bond acceptors (Lipinski definition) is 5. The van der Waals surface area contributed by atoms with E-state index in [2.05, 4.69) is 5.32 Å². The second-order valence-electron chi connectivity index (χ2n) is 5.12. The van der Waals surface area contributed by atoms with Crippen LogP contribution in [0.1, 0.15) is 35.6 Å². The summed E-state index contributed by atoms with van der Waals surface area (Å²) in [5.41, 5.74) is 0. The maximum Gasteiger partial charge on any atom is 0.326 e. The molecule has 1 saturated carbocycles. The number of rotatable bonds is 6. The van der Waals surface area contributed by atoms with E-state index >= 15 is 0 Å². The number of amides is 1. The molecule has 1 unspecified atom stereocenters. The quantitative estimate of drug-likeness (QED) is 0.685. The van der Waals surface area contributed by atoms with Gasteiger partial charge in [0.05, 0.1) is 0 Å². The first kappa shape index (κ1) is 15.5. The molecule has 0 aromatic carbocycles. The number of hydrogen-bond donors (Lipinski definition) is 3. The predicted octanol–water partition coefficient (Wildman–Crippen LogP) is 0.219. The van der Waals surface area contributed by atoms with Crippen molar-refractivity contribution in [2.45, 2.75) is 37.1 Å². The van der Waals surface area contributed by atoms with E-state index in [1.165, 1.54) is 6.92 Å². The lowest BCUT2D eigenvalue weighted by molar-refractivity contribution is -0.139. The first-order valence-electron chi connectivity index (χ1n) is 6.35. The van der Waals surface area contributed by atoms with Crippen LogP contribution in [0.25, 0.3) is 0 Å². The van der Waals surface area contributed by atoms with Crippen molar-refractivity contribution in [3.63, 3.8) is 0 Å². The number of sulfonamides is 1. The molecule has 1 fully saturated rings. The molecule has 1 aliphatic rings. The standard InChI is InChI=1S/C12H16N2O6S/c1-6-10(21(13,18)19)5-9(20-6)11(15)14-8(12(16)17)4-7-2-3-7/h5,7-8H,2-4H2,1H3,(H,14,15)(H,16,17)(H2,13,18,19). The van der Waals surface area contributed by atoms with E-state index in [1.807, 2.05) is 0 Å². The predicted molar refractivity (Wildman–Crippen MR) is 71.0 cm³/mol. The fourth-order valence-corrected chi connectivity index (χ4v) is 2.71. The number of carbonyl (C=O) groups excluding carboxylic acids is 1. The molecular formula is C12H16N2O6S. The second-order valence-corrected chi connectivity index (χ2v) is 6.65. The van der Waals surface area contributed by atoms with Gasteiger partial charge in [-0.3, -0.25) is 4.79 Å². The van der Waals surface area contributed by atoms with Crippen LogP contribution >= 0.6 is 0 Å². The molecular weight excluding hydrogens is 300 g/mol. The number of carboxylic acids is 1. The van der Waals surface area contributed by atoms with Gasteiger partial charge >= 0.3 is 5.97 Å². The van der Waals surface area contributed by atoms with Gasteiger partial charge in [0.25, 0.3) is 5.91 Å². The highest BCUT2D eigenvalue weighted by Gasteiger charge is 2.31. The summed E-state index contributed by atoms with van der Waals surface area (Å²) < 4.78 is 27.6. The van der Waals surface area contributed by atoms with E-state index < -0.39 is 27.9 Å². The molecule has 9 heteroatoms. The number of primary sulfonamides is 1. The lowest BCUT2D eigenvalue weighted by atomic mass is 10.1. The van der Waals surface area contributed by atoms with Crippen LogP contribution in [0.2, 0.25) is 0 Å². The summed E-state index contributed by atoms with van der Waals surface area (Å²) in [6.07, 6.45) is 2.26. The first-order valence-corrected chi connectivity index (χ1v) is 7.90. The number of carbonyl (C=O) groups is 2. The molecule has 0 bridgehead atoms. The Bertz CT molecular complexity index is 674. The van der Waals surface area contributed by atoms with Gasteiger partial charge in [0, 0.05) is 6.07 Å². The second kappa shape index (κ2) is 5.49. The van der Waals surface area contributed by atoms with Crippen molar-refractivity contribution in [1.29, 1.82) is 0 Å². The van der Waals surface area contributed by atoms with Gasteiger partial charge in [0.2, 0.25) is 10.0 Å². The molecule has 116 valence electrons. The van der Waals surface area contributed by atoms with Crippen LogP contribution in [-0.4, -0.2) is 31.4 Å². The van der Waals surface area contributed by atoms with Gasteiger partial charge in [-0.15, -0.1) is 0 Å². The van der Waals surface area contributed by atoms with Crippen molar-refractivity contribution in [1.82, 2.24) is 5.32 Å². The van der Waals surface area contributed by atoms with Crippen LogP contribution in [0.5, 0.6) is 0 Å². The highest BCUT2D eigenvalue weighted by atomic mass is 32.2. The molecule has 1 aliphatic carbocycles. The summed E-state index contributed by atoms with van der Waals surface area (Å²) >= 11 is 0. The van der Waals surface area contributed by atoms with Crippen molar-refractivity contribution in [2.24, 2.45) is 11.1 Å². The largest absolute Gasteiger partial charge is 0.480 e. The van der Waals surface area contributed by atoms with E-state index in [1.54, 1.807) is 0 Å². The van der Waals surface area contributed by atoms with Crippen molar-refractivity contribution in [2.75, 3.05) is 0 Å². The molecule has 8 nitrogen and oxygen atoms in total. The van der Waals surface area contributed by atoms with Crippen molar-refractivity contribution >= 4 is 21.9 Å². The summed E-state index contributed by atoms with van der Waals surface area (Å²) in [6, 6.07) is -0.0240. The number of aliphatic carboxylic acids is 1. The minimum Gasteiger partial charge on any atom is -0.480 e. The zero-order chi connectivity index (χ0) is 15.8. The molecule has 2 rings (SSSR count). The smallest absolute Gasteiger partial charge is 0.326 e. The maximum absolute atomic E-state index is 12.0. The van der Waals surface area contributed by atoms with Crippen molar-refractivity contribution in [3.8, 4) is 0 Å². The number of nitrogens with one attached hydrogen (secondary N) is 1. The van der Waals surface area contributed by atoms with Gasteiger partial charge in [-0.1, -0.05) is 12.8 Å². The Morgan fingerprint density at radius 3 is 2.57 bits per heavy atom. The van der Waals surface area contributed by atoms with Gasteiger partial charge in [0.1, 0.15) is 16.7 Å². The van der Waals surface area contributed by atoms with Crippen LogP contribution in [0.3, 0.4) is 0 Å². The topological polar surface area (TPSA) is 140 Å². The molecule has 21 heavy (non-hydrogen) atoms. The van der Waals surface area contributed by atoms with Crippen LogP contribution in [0.15, 0.2) is 15.4 Å². The zero-order valence-corrected chi connectivity index (χ0v) is 12.1. The van der Waals surface area contributed by atoms with E-state index in [-0.39, 0.29) is 16.4 Å². The summed E-state index contributed by atoms with van der Waals surface area (Å²) in [5.74, 6) is -1.90. The third-order valence-corrected chi connectivity index (χ3v) is 4.29. The van der Waals surface area contributed by atoms with Gasteiger partial charge in [-0.2, -0.15) is 0 Å². The molecule has 4 N–H and O–H groups in total. The zero-order valence-electron chi connectivity index (χ0n) is 11.3. The van der Waals surface area contributed by atoms with Crippen LogP contribution < -0.4 is 10.5 Å². The van der Waals surface area contributed by atoms with Crippen LogP contribution in [-0.2, 0) is 14.8 Å². The lowest BCUT2D eigenvalue weighted by Crippen LogP contribution is -2.41. The number of carboxylic acid groups (broad SMARTS) is 1. The lowest BCUT2D eigenvalue weighted by Gasteiger charge is -2.12. The SMILES string of the molecule is Cc1oc(C(=O)NC(CC2CC2)C(=O)O)cc1S(N)(=O)=O. The monoisotopic (exact) mass is 316 g/mol. The molecule has 0 radical (unpaired) electrons. The molecule has 0 spiro atoms. The average molecular weight is 316 g/mol. The van der Waals surface area contributed by atoms with Gasteiger partial charge in [-0.05, 0) is 19.3 Å². The molecule has 1 aromatic heterocycles. The molecule has 0 saturated heterocycles. The Balaban J connectivity index is 2.14. The van der Waals surface area contributed by atoms with E-state index in [0.717, 1.165) is 18.9 Å². The van der Waals surface area contributed by atoms with Crippen LogP contribution in [0.4, 0.5) is 0 Å². The summed E-state index contributed by atoms with van der Waals surface area (Å²) in [6.45, 7) is 1.36. The number of nitrogens with two attached hydrogens (primary N) is 1. The van der Waals surface area contributed by atoms with Crippen molar-refractivity contribution < 1.29 is 27.5 Å². The normalized spacial score (nSPS) is 16.5. The maximum atomic E-state index is 12.0. The fourth-order valence-electron chi connectivity index (χ4n) is 2.00. The molecule has 1 heterocycles. The average Bonchev–Trinajstić information content (AvgIpc) is 3.07. The summed E-state index contributed by atoms with van der Waals surface area (Å²) in [7, 11) is -3.99.